The summed E-state index contributed by atoms with van der Waals surface area (Å²) in [6.07, 6.45) is -0.0974. The molecule has 16 heavy (non-hydrogen) atoms. The normalized spacial score (nSPS) is 13.4. The predicted molar refractivity (Wildman–Crippen MR) is 58.1 cm³/mol. The third kappa shape index (κ3) is 3.63. The lowest BCUT2D eigenvalue weighted by atomic mass is 10.1. The highest BCUT2D eigenvalue weighted by Crippen LogP contribution is 2.15. The smallest absolute Gasteiger partial charge is 0.335 e. The highest BCUT2D eigenvalue weighted by Gasteiger charge is 2.14. The number of carboxylic acid groups (broad SMARTS) is 1. The van der Waals surface area contributed by atoms with Crippen LogP contribution in [0.15, 0.2) is 24.3 Å². The van der Waals surface area contributed by atoms with Gasteiger partial charge in [-0.1, -0.05) is 12.1 Å². The molecule has 1 unspecified atom stereocenters. The van der Waals surface area contributed by atoms with E-state index < -0.39 is 21.9 Å². The second kappa shape index (κ2) is 4.63. The lowest BCUT2D eigenvalue weighted by Gasteiger charge is -2.09. The summed E-state index contributed by atoms with van der Waals surface area (Å²) in [4.78, 5) is 10.6. The van der Waals surface area contributed by atoms with Crippen molar-refractivity contribution in [2.24, 2.45) is 0 Å². The van der Waals surface area contributed by atoms with Gasteiger partial charge in [-0.2, -0.15) is 0 Å². The van der Waals surface area contributed by atoms with Crippen LogP contribution in [0.1, 0.15) is 22.0 Å². The Hall–Kier alpha value is -1.40. The first-order valence-corrected chi connectivity index (χ1v) is 6.54. The molecule has 0 amide bonds. The van der Waals surface area contributed by atoms with E-state index in [9.17, 15) is 18.3 Å². The summed E-state index contributed by atoms with van der Waals surface area (Å²) >= 11 is 0. The molecule has 0 aliphatic rings. The van der Waals surface area contributed by atoms with E-state index >= 15 is 0 Å². The molecule has 1 rings (SSSR count). The van der Waals surface area contributed by atoms with Gasteiger partial charge in [0.25, 0.3) is 0 Å². The van der Waals surface area contributed by atoms with Crippen LogP contribution in [0.2, 0.25) is 0 Å². The Morgan fingerprint density at radius 3 is 2.19 bits per heavy atom. The van der Waals surface area contributed by atoms with Crippen LogP contribution < -0.4 is 0 Å². The van der Waals surface area contributed by atoms with Crippen LogP contribution in [0.25, 0.3) is 0 Å². The molecule has 0 spiro atoms. The van der Waals surface area contributed by atoms with Crippen molar-refractivity contribution in [3.8, 4) is 0 Å². The Balaban J connectivity index is 2.86. The first-order valence-electron chi connectivity index (χ1n) is 4.48. The Morgan fingerprint density at radius 1 is 1.31 bits per heavy atom. The van der Waals surface area contributed by atoms with Crippen molar-refractivity contribution in [3.63, 3.8) is 0 Å². The largest absolute Gasteiger partial charge is 0.478 e. The Labute approximate surface area is 93.3 Å². The van der Waals surface area contributed by atoms with Crippen LogP contribution in [0.4, 0.5) is 0 Å². The third-order valence-corrected chi connectivity index (χ3v) is 2.92. The lowest BCUT2D eigenvalue weighted by Crippen LogP contribution is -2.12. The number of carbonyl (C=O) groups is 1. The fourth-order valence-electron chi connectivity index (χ4n) is 1.23. The SMILES string of the molecule is CS(=O)(=O)CC(O)c1ccc(C(=O)O)cc1. The number of aromatic carboxylic acids is 1. The molecule has 0 fully saturated rings. The number of carboxylic acids is 1. The fourth-order valence-corrected chi connectivity index (χ4v) is 2.00. The summed E-state index contributed by atoms with van der Waals surface area (Å²) in [6.45, 7) is 0. The van der Waals surface area contributed by atoms with E-state index in [0.717, 1.165) is 6.26 Å². The second-order valence-electron chi connectivity index (χ2n) is 3.54. The Morgan fingerprint density at radius 2 is 1.81 bits per heavy atom. The number of hydrogen-bond donors (Lipinski definition) is 2. The van der Waals surface area contributed by atoms with E-state index in [2.05, 4.69) is 0 Å². The summed E-state index contributed by atoms with van der Waals surface area (Å²) in [6, 6.07) is 5.45. The number of hydrogen-bond acceptors (Lipinski definition) is 4. The molecule has 0 saturated heterocycles. The molecule has 0 bridgehead atoms. The number of aliphatic hydroxyl groups is 1. The van der Waals surface area contributed by atoms with Crippen LogP contribution >= 0.6 is 0 Å². The topological polar surface area (TPSA) is 91.7 Å². The van der Waals surface area contributed by atoms with Gasteiger partial charge in [0.2, 0.25) is 0 Å². The molecule has 5 nitrogen and oxygen atoms in total. The first kappa shape index (κ1) is 12.7. The van der Waals surface area contributed by atoms with Gasteiger partial charge in [0.05, 0.1) is 17.4 Å². The van der Waals surface area contributed by atoms with Crippen molar-refractivity contribution < 1.29 is 23.4 Å². The predicted octanol–water partition coefficient (Wildman–Crippen LogP) is 0.463. The molecule has 0 aromatic heterocycles. The average molecular weight is 244 g/mol. The number of benzene rings is 1. The molecule has 88 valence electrons. The van der Waals surface area contributed by atoms with Crippen molar-refractivity contribution in [2.75, 3.05) is 12.0 Å². The second-order valence-corrected chi connectivity index (χ2v) is 5.72. The van der Waals surface area contributed by atoms with E-state index in [0.29, 0.717) is 5.56 Å². The maximum atomic E-state index is 10.9. The average Bonchev–Trinajstić information content (AvgIpc) is 2.15. The lowest BCUT2D eigenvalue weighted by molar-refractivity contribution is 0.0696. The maximum absolute atomic E-state index is 10.9. The highest BCUT2D eigenvalue weighted by atomic mass is 32.2. The zero-order valence-electron chi connectivity index (χ0n) is 8.62. The van der Waals surface area contributed by atoms with Crippen LogP contribution in [-0.2, 0) is 9.84 Å². The van der Waals surface area contributed by atoms with Crippen LogP contribution in [0.5, 0.6) is 0 Å². The number of rotatable bonds is 4. The van der Waals surface area contributed by atoms with E-state index in [-0.39, 0.29) is 11.3 Å². The van der Waals surface area contributed by atoms with E-state index in [1.807, 2.05) is 0 Å². The van der Waals surface area contributed by atoms with Gasteiger partial charge in [-0.05, 0) is 17.7 Å². The van der Waals surface area contributed by atoms with Crippen molar-refractivity contribution in [3.05, 3.63) is 35.4 Å². The highest BCUT2D eigenvalue weighted by molar-refractivity contribution is 7.90. The maximum Gasteiger partial charge on any atom is 0.335 e. The van der Waals surface area contributed by atoms with Crippen LogP contribution in [-0.4, -0.2) is 36.6 Å². The zero-order chi connectivity index (χ0) is 12.3. The van der Waals surface area contributed by atoms with Gasteiger partial charge >= 0.3 is 5.97 Å². The quantitative estimate of drug-likeness (QED) is 0.803. The van der Waals surface area contributed by atoms with Crippen molar-refractivity contribution in [1.82, 2.24) is 0 Å². The fraction of sp³-hybridized carbons (Fsp3) is 0.300. The van der Waals surface area contributed by atoms with Crippen LogP contribution in [0.3, 0.4) is 0 Å². The minimum absolute atomic E-state index is 0.0929. The molecule has 6 heteroatoms. The monoisotopic (exact) mass is 244 g/mol. The molecule has 0 aliphatic carbocycles. The summed E-state index contributed by atoms with van der Waals surface area (Å²) in [5.41, 5.74) is 0.478. The van der Waals surface area contributed by atoms with E-state index in [4.69, 9.17) is 5.11 Å². The summed E-state index contributed by atoms with van der Waals surface area (Å²) < 4.78 is 21.9. The molecule has 0 radical (unpaired) electrons. The van der Waals surface area contributed by atoms with Gasteiger partial charge < -0.3 is 10.2 Å². The molecule has 2 N–H and O–H groups in total. The van der Waals surface area contributed by atoms with Gasteiger partial charge in [0.15, 0.2) is 0 Å². The third-order valence-electron chi connectivity index (χ3n) is 2.00. The summed E-state index contributed by atoms with van der Waals surface area (Å²) in [5.74, 6) is -1.44. The molecule has 1 aromatic carbocycles. The molecule has 0 aliphatic heterocycles. The van der Waals surface area contributed by atoms with E-state index in [1.54, 1.807) is 0 Å². The molecular formula is C10H12O5S. The molecule has 1 aromatic rings. The van der Waals surface area contributed by atoms with Crippen molar-refractivity contribution in [1.29, 1.82) is 0 Å². The van der Waals surface area contributed by atoms with Crippen LogP contribution in [0, 0.1) is 0 Å². The van der Waals surface area contributed by atoms with Gasteiger partial charge in [-0.15, -0.1) is 0 Å². The first-order chi connectivity index (χ1) is 7.29. The number of sulfone groups is 1. The minimum Gasteiger partial charge on any atom is -0.478 e. The standard InChI is InChI=1S/C10H12O5S/c1-16(14,15)6-9(11)7-2-4-8(5-3-7)10(12)13/h2-5,9,11H,6H2,1H3,(H,12,13). The summed E-state index contributed by atoms with van der Waals surface area (Å²) in [5, 5.41) is 18.2. The van der Waals surface area contributed by atoms with E-state index in [1.165, 1.54) is 24.3 Å². The Bertz CT molecular complexity index is 474. The van der Waals surface area contributed by atoms with Gasteiger partial charge in [0.1, 0.15) is 9.84 Å². The molecule has 1 atom stereocenters. The van der Waals surface area contributed by atoms with Gasteiger partial charge in [0, 0.05) is 6.26 Å². The van der Waals surface area contributed by atoms with Gasteiger partial charge in [-0.25, -0.2) is 13.2 Å². The molecule has 0 saturated carbocycles. The Kier molecular flexibility index (Phi) is 3.66. The summed E-state index contributed by atoms with van der Waals surface area (Å²) in [7, 11) is -3.26. The minimum atomic E-state index is -3.26. The molecule has 0 heterocycles. The van der Waals surface area contributed by atoms with Gasteiger partial charge in [-0.3, -0.25) is 0 Å². The van der Waals surface area contributed by atoms with Crippen molar-refractivity contribution >= 4 is 15.8 Å². The van der Waals surface area contributed by atoms with Crippen molar-refractivity contribution in [2.45, 2.75) is 6.10 Å². The number of aliphatic hydroxyl groups excluding tert-OH is 1. The zero-order valence-corrected chi connectivity index (χ0v) is 9.44. The molecular weight excluding hydrogens is 232 g/mol.